The molecule has 1 aliphatic heterocycles. The molecule has 0 radical (unpaired) electrons. The Morgan fingerprint density at radius 1 is 0.976 bits per heavy atom. The minimum absolute atomic E-state index is 0.0152. The number of methoxy groups -OCH3 is 2. The Hall–Kier alpha value is -3.97. The second-order valence-corrected chi connectivity index (χ2v) is 10.5. The van der Waals surface area contributed by atoms with Crippen molar-refractivity contribution in [2.24, 2.45) is 0 Å². The summed E-state index contributed by atoms with van der Waals surface area (Å²) in [5.41, 5.74) is 0.247. The Kier molecular flexibility index (Phi) is 9.28. The molecule has 0 saturated carbocycles. The van der Waals surface area contributed by atoms with Gasteiger partial charge in [0.25, 0.3) is 11.1 Å². The highest BCUT2D eigenvalue weighted by Crippen LogP contribution is 2.36. The normalized spacial score (nSPS) is 14.4. The van der Waals surface area contributed by atoms with Crippen LogP contribution in [0.3, 0.4) is 0 Å². The maximum absolute atomic E-state index is 13.1. The summed E-state index contributed by atoms with van der Waals surface area (Å²) in [5.74, 6) is -0.730. The summed E-state index contributed by atoms with van der Waals surface area (Å²) >= 11 is 4.02. The second kappa shape index (κ2) is 12.7. The SMILES string of the molecule is COc1ccc(C(F)(F)F)cc1NC(=O)CN1C(=O)S/C(=C\c2ccc(OCc3ccc(Br)cc3)c(OC)c2)C1=O. The average molecular weight is 651 g/mol. The Morgan fingerprint density at radius 3 is 2.32 bits per heavy atom. The first kappa shape index (κ1) is 30.0. The van der Waals surface area contributed by atoms with Crippen molar-refractivity contribution in [3.8, 4) is 17.2 Å². The van der Waals surface area contributed by atoms with Gasteiger partial charge in [0, 0.05) is 4.47 Å². The predicted octanol–water partition coefficient (Wildman–Crippen LogP) is 6.74. The molecule has 0 aromatic heterocycles. The van der Waals surface area contributed by atoms with Crippen LogP contribution in [0.25, 0.3) is 6.08 Å². The Morgan fingerprint density at radius 2 is 1.66 bits per heavy atom. The maximum Gasteiger partial charge on any atom is 0.416 e. The highest BCUT2D eigenvalue weighted by Gasteiger charge is 2.37. The first-order valence-electron chi connectivity index (χ1n) is 11.8. The number of nitrogens with zero attached hydrogens (tertiary/aromatic N) is 1. The van der Waals surface area contributed by atoms with Gasteiger partial charge in [-0.2, -0.15) is 13.2 Å². The summed E-state index contributed by atoms with van der Waals surface area (Å²) in [6.07, 6.45) is -3.17. The number of anilines is 1. The maximum atomic E-state index is 13.1. The molecule has 1 fully saturated rings. The molecule has 13 heteroatoms. The molecule has 41 heavy (non-hydrogen) atoms. The van der Waals surface area contributed by atoms with E-state index in [0.29, 0.717) is 46.4 Å². The zero-order valence-corrected chi connectivity index (χ0v) is 24.0. The number of nitrogens with one attached hydrogen (secondary N) is 1. The zero-order valence-electron chi connectivity index (χ0n) is 21.6. The van der Waals surface area contributed by atoms with Crippen LogP contribution >= 0.6 is 27.7 Å². The Balaban J connectivity index is 1.44. The first-order valence-corrected chi connectivity index (χ1v) is 13.4. The standard InChI is InChI=1S/C28H22BrF3N2O6S/c1-38-21-10-6-18(28(30,31)32)13-20(21)33-25(35)14-34-26(36)24(41-27(34)37)12-17-5-9-22(23(11-17)39-2)40-15-16-3-7-19(29)8-4-16/h3-13H,14-15H2,1-2H3,(H,33,35)/b24-12-. The molecule has 3 aromatic rings. The number of hydrogen-bond donors (Lipinski definition) is 1. The van der Waals surface area contributed by atoms with Crippen LogP contribution in [-0.2, 0) is 22.4 Å². The van der Waals surface area contributed by atoms with Crippen LogP contribution < -0.4 is 19.5 Å². The molecular weight excluding hydrogens is 629 g/mol. The van der Waals surface area contributed by atoms with Crippen LogP contribution in [0, 0.1) is 0 Å². The number of carbonyl (C=O) groups excluding carboxylic acids is 3. The van der Waals surface area contributed by atoms with Crippen molar-refractivity contribution in [1.29, 1.82) is 0 Å². The van der Waals surface area contributed by atoms with Gasteiger partial charge in [-0.3, -0.25) is 19.3 Å². The largest absolute Gasteiger partial charge is 0.495 e. The number of benzene rings is 3. The molecular formula is C28H22BrF3N2O6S. The molecule has 0 aliphatic carbocycles. The Labute approximate surface area is 245 Å². The molecule has 1 N–H and O–H groups in total. The van der Waals surface area contributed by atoms with Gasteiger partial charge in [-0.25, -0.2) is 0 Å². The van der Waals surface area contributed by atoms with Crippen LogP contribution in [0.4, 0.5) is 23.7 Å². The van der Waals surface area contributed by atoms with Crippen molar-refractivity contribution in [3.05, 3.63) is 86.7 Å². The van der Waals surface area contributed by atoms with Crippen molar-refractivity contribution in [1.82, 2.24) is 4.90 Å². The van der Waals surface area contributed by atoms with Gasteiger partial charge in [-0.15, -0.1) is 0 Å². The molecule has 3 aromatic carbocycles. The van der Waals surface area contributed by atoms with E-state index < -0.39 is 35.3 Å². The molecule has 214 valence electrons. The minimum atomic E-state index is -4.64. The topological polar surface area (TPSA) is 94.2 Å². The van der Waals surface area contributed by atoms with E-state index in [1.54, 1.807) is 18.2 Å². The number of carbonyl (C=O) groups is 3. The minimum Gasteiger partial charge on any atom is -0.495 e. The van der Waals surface area contributed by atoms with Gasteiger partial charge in [0.15, 0.2) is 11.5 Å². The number of thioether (sulfide) groups is 1. The molecule has 1 heterocycles. The molecule has 0 atom stereocenters. The summed E-state index contributed by atoms with van der Waals surface area (Å²) in [7, 11) is 2.70. The number of hydrogen-bond acceptors (Lipinski definition) is 7. The highest BCUT2D eigenvalue weighted by molar-refractivity contribution is 9.10. The van der Waals surface area contributed by atoms with Crippen LogP contribution in [0.1, 0.15) is 16.7 Å². The zero-order chi connectivity index (χ0) is 29.7. The van der Waals surface area contributed by atoms with Gasteiger partial charge in [0.1, 0.15) is 18.9 Å². The van der Waals surface area contributed by atoms with E-state index in [0.717, 1.165) is 22.2 Å². The molecule has 0 spiro atoms. The summed E-state index contributed by atoms with van der Waals surface area (Å²) in [6, 6.07) is 15.2. The third-order valence-electron chi connectivity index (χ3n) is 5.77. The summed E-state index contributed by atoms with van der Waals surface area (Å²) < 4.78 is 56.6. The monoisotopic (exact) mass is 650 g/mol. The van der Waals surface area contributed by atoms with Gasteiger partial charge in [-0.05, 0) is 71.4 Å². The van der Waals surface area contributed by atoms with E-state index in [-0.39, 0.29) is 16.3 Å². The third-order valence-corrected chi connectivity index (χ3v) is 7.21. The van der Waals surface area contributed by atoms with Gasteiger partial charge >= 0.3 is 6.18 Å². The van der Waals surface area contributed by atoms with Gasteiger partial charge in [0.2, 0.25) is 5.91 Å². The van der Waals surface area contributed by atoms with Crippen LogP contribution in [0.15, 0.2) is 70.0 Å². The fourth-order valence-corrected chi connectivity index (χ4v) is 4.84. The van der Waals surface area contributed by atoms with Crippen molar-refractivity contribution in [2.75, 3.05) is 26.1 Å². The number of halogens is 4. The number of imide groups is 1. The van der Waals surface area contributed by atoms with Crippen molar-refractivity contribution >= 4 is 56.5 Å². The second-order valence-electron chi connectivity index (χ2n) is 8.55. The van der Waals surface area contributed by atoms with E-state index in [1.165, 1.54) is 20.3 Å². The quantitative estimate of drug-likeness (QED) is 0.256. The van der Waals surface area contributed by atoms with E-state index in [4.69, 9.17) is 14.2 Å². The molecule has 1 saturated heterocycles. The van der Waals surface area contributed by atoms with E-state index in [9.17, 15) is 27.6 Å². The molecule has 1 aliphatic rings. The fraction of sp³-hybridized carbons (Fsp3) is 0.179. The van der Waals surface area contributed by atoms with Crippen LogP contribution in [0.5, 0.6) is 17.2 Å². The number of amides is 3. The predicted molar refractivity (Wildman–Crippen MR) is 151 cm³/mol. The lowest BCUT2D eigenvalue weighted by molar-refractivity contribution is -0.137. The lowest BCUT2D eigenvalue weighted by Gasteiger charge is -2.16. The van der Waals surface area contributed by atoms with Gasteiger partial charge < -0.3 is 19.5 Å². The van der Waals surface area contributed by atoms with Crippen LogP contribution in [0.2, 0.25) is 0 Å². The van der Waals surface area contributed by atoms with E-state index in [2.05, 4.69) is 21.2 Å². The average Bonchev–Trinajstić information content (AvgIpc) is 3.19. The fourth-order valence-electron chi connectivity index (χ4n) is 3.74. The van der Waals surface area contributed by atoms with Gasteiger partial charge in [-0.1, -0.05) is 34.1 Å². The molecule has 3 amide bonds. The summed E-state index contributed by atoms with van der Waals surface area (Å²) in [5, 5.41) is 1.58. The number of ether oxygens (including phenoxy) is 3. The van der Waals surface area contributed by atoms with Crippen molar-refractivity contribution in [3.63, 3.8) is 0 Å². The van der Waals surface area contributed by atoms with Crippen molar-refractivity contribution < 1.29 is 41.8 Å². The number of rotatable bonds is 9. The lowest BCUT2D eigenvalue weighted by Crippen LogP contribution is -2.36. The number of alkyl halides is 3. The molecule has 4 rings (SSSR count). The van der Waals surface area contributed by atoms with E-state index in [1.807, 2.05) is 24.3 Å². The smallest absolute Gasteiger partial charge is 0.416 e. The first-order chi connectivity index (χ1) is 19.5. The highest BCUT2D eigenvalue weighted by atomic mass is 79.9. The molecule has 0 unspecified atom stereocenters. The van der Waals surface area contributed by atoms with Crippen molar-refractivity contribution in [2.45, 2.75) is 12.8 Å². The van der Waals surface area contributed by atoms with Gasteiger partial charge in [0.05, 0.1) is 30.4 Å². The lowest BCUT2D eigenvalue weighted by atomic mass is 10.1. The summed E-state index contributed by atoms with van der Waals surface area (Å²) in [4.78, 5) is 38.8. The molecule has 8 nitrogen and oxygen atoms in total. The third kappa shape index (κ3) is 7.41. The van der Waals surface area contributed by atoms with Crippen LogP contribution in [-0.4, -0.2) is 42.7 Å². The van der Waals surface area contributed by atoms with E-state index >= 15 is 0 Å². The summed E-state index contributed by atoms with van der Waals surface area (Å²) in [6.45, 7) is -0.399. The Bertz CT molecular complexity index is 1510. The molecule has 0 bridgehead atoms.